The molecular formula is C12H11ClFN3O2S. The smallest absolute Gasteiger partial charge is 0.279 e. The average molecular weight is 316 g/mol. The first kappa shape index (κ1) is 14.7. The van der Waals surface area contributed by atoms with E-state index in [1.165, 1.54) is 24.4 Å². The van der Waals surface area contributed by atoms with Crippen LogP contribution >= 0.6 is 11.6 Å². The Morgan fingerprint density at radius 1 is 1.30 bits per heavy atom. The average Bonchev–Trinajstić information content (AvgIpc) is 2.43. The number of aromatic nitrogens is 1. The number of halogens is 2. The van der Waals surface area contributed by atoms with E-state index in [-0.39, 0.29) is 22.3 Å². The zero-order valence-electron chi connectivity index (χ0n) is 10.2. The van der Waals surface area contributed by atoms with Gasteiger partial charge >= 0.3 is 0 Å². The largest absolute Gasteiger partial charge is 0.326 e. The summed E-state index contributed by atoms with van der Waals surface area (Å²) in [5.41, 5.74) is 6.18. The molecule has 0 radical (unpaired) electrons. The van der Waals surface area contributed by atoms with Crippen molar-refractivity contribution in [1.29, 1.82) is 0 Å². The van der Waals surface area contributed by atoms with Crippen molar-refractivity contribution in [3.63, 3.8) is 0 Å². The maximum atomic E-state index is 13.3. The Kier molecular flexibility index (Phi) is 4.22. The van der Waals surface area contributed by atoms with Crippen LogP contribution in [0.1, 0.15) is 5.56 Å². The van der Waals surface area contributed by atoms with Gasteiger partial charge in [-0.2, -0.15) is 8.42 Å². The highest BCUT2D eigenvalue weighted by Crippen LogP contribution is 2.21. The lowest BCUT2D eigenvalue weighted by Gasteiger charge is -2.08. The summed E-state index contributed by atoms with van der Waals surface area (Å²) in [6.45, 7) is 0.267. The minimum atomic E-state index is -3.88. The minimum Gasteiger partial charge on any atom is -0.326 e. The summed E-state index contributed by atoms with van der Waals surface area (Å²) in [5, 5.41) is -0.261. The van der Waals surface area contributed by atoms with Crippen LogP contribution in [0.2, 0.25) is 5.02 Å². The van der Waals surface area contributed by atoms with Gasteiger partial charge in [-0.1, -0.05) is 17.7 Å². The van der Waals surface area contributed by atoms with Crippen LogP contribution in [0.15, 0.2) is 41.6 Å². The van der Waals surface area contributed by atoms with Gasteiger partial charge in [0.2, 0.25) is 0 Å². The molecule has 0 atom stereocenters. The van der Waals surface area contributed by atoms with Crippen molar-refractivity contribution in [1.82, 2.24) is 4.98 Å². The third-order valence-electron chi connectivity index (χ3n) is 2.48. The molecule has 3 N–H and O–H groups in total. The molecule has 2 aromatic rings. The van der Waals surface area contributed by atoms with Crippen LogP contribution < -0.4 is 10.5 Å². The number of benzene rings is 1. The topological polar surface area (TPSA) is 85.1 Å². The first-order valence-corrected chi connectivity index (χ1v) is 7.41. The second-order valence-corrected chi connectivity index (χ2v) is 5.98. The number of nitrogens with one attached hydrogen (secondary N) is 1. The molecule has 0 unspecified atom stereocenters. The van der Waals surface area contributed by atoms with E-state index in [2.05, 4.69) is 9.71 Å². The summed E-state index contributed by atoms with van der Waals surface area (Å²) in [7, 11) is -3.88. The lowest BCUT2D eigenvalue weighted by Crippen LogP contribution is -2.15. The predicted octanol–water partition coefficient (Wildman–Crippen LogP) is 2.13. The van der Waals surface area contributed by atoms with E-state index in [0.717, 1.165) is 6.07 Å². The molecule has 0 aliphatic heterocycles. The number of sulfonamides is 1. The molecule has 0 bridgehead atoms. The molecule has 0 fully saturated rings. The number of hydrogen-bond acceptors (Lipinski definition) is 4. The monoisotopic (exact) mass is 315 g/mol. The maximum absolute atomic E-state index is 13.3. The molecule has 0 saturated heterocycles. The Morgan fingerprint density at radius 3 is 2.60 bits per heavy atom. The van der Waals surface area contributed by atoms with Crippen molar-refractivity contribution in [2.45, 2.75) is 11.6 Å². The number of pyridine rings is 1. The first-order valence-electron chi connectivity index (χ1n) is 5.55. The van der Waals surface area contributed by atoms with Gasteiger partial charge in [0.05, 0.1) is 10.7 Å². The molecule has 1 aromatic carbocycles. The van der Waals surface area contributed by atoms with Gasteiger partial charge in [0.1, 0.15) is 5.82 Å². The molecular weight excluding hydrogens is 305 g/mol. The Hall–Kier alpha value is -1.70. The van der Waals surface area contributed by atoms with Gasteiger partial charge in [0.25, 0.3) is 10.0 Å². The third-order valence-corrected chi connectivity index (χ3v) is 4.08. The Labute approximate surface area is 120 Å². The van der Waals surface area contributed by atoms with Gasteiger partial charge in [-0.05, 0) is 29.8 Å². The highest BCUT2D eigenvalue weighted by molar-refractivity contribution is 7.92. The van der Waals surface area contributed by atoms with Crippen molar-refractivity contribution in [2.75, 3.05) is 4.72 Å². The molecule has 20 heavy (non-hydrogen) atoms. The molecule has 8 heteroatoms. The van der Waals surface area contributed by atoms with Crippen molar-refractivity contribution in [3.8, 4) is 0 Å². The summed E-state index contributed by atoms with van der Waals surface area (Å²) in [6.07, 6.45) is 1.37. The number of hydrogen-bond donors (Lipinski definition) is 2. The van der Waals surface area contributed by atoms with E-state index in [1.54, 1.807) is 6.07 Å². The summed E-state index contributed by atoms with van der Waals surface area (Å²) >= 11 is 5.53. The molecule has 0 aliphatic carbocycles. The zero-order valence-corrected chi connectivity index (χ0v) is 11.7. The van der Waals surface area contributed by atoms with Crippen LogP contribution in [-0.2, 0) is 16.6 Å². The molecule has 106 valence electrons. The van der Waals surface area contributed by atoms with Gasteiger partial charge < -0.3 is 5.73 Å². The van der Waals surface area contributed by atoms with E-state index in [4.69, 9.17) is 17.3 Å². The molecule has 0 aliphatic rings. The van der Waals surface area contributed by atoms with E-state index in [0.29, 0.717) is 5.56 Å². The molecule has 0 amide bonds. The summed E-state index contributed by atoms with van der Waals surface area (Å²) in [4.78, 5) is 3.81. The summed E-state index contributed by atoms with van der Waals surface area (Å²) in [6, 6.07) is 6.51. The first-order chi connectivity index (χ1) is 9.42. The van der Waals surface area contributed by atoms with Crippen LogP contribution in [0.3, 0.4) is 0 Å². The fourth-order valence-electron chi connectivity index (χ4n) is 1.46. The molecule has 1 aromatic heterocycles. The SMILES string of the molecule is NCc1ccc(S(=O)(=O)Nc2ccc(Cl)c(F)c2)nc1. The van der Waals surface area contributed by atoms with Crippen molar-refractivity contribution in [3.05, 3.63) is 52.9 Å². The van der Waals surface area contributed by atoms with Crippen LogP contribution in [0, 0.1) is 5.82 Å². The molecule has 0 spiro atoms. The van der Waals surface area contributed by atoms with Gasteiger partial charge in [0.15, 0.2) is 5.03 Å². The molecule has 1 heterocycles. The summed E-state index contributed by atoms with van der Waals surface area (Å²) in [5.74, 6) is -0.710. The van der Waals surface area contributed by atoms with Gasteiger partial charge in [-0.15, -0.1) is 0 Å². The Morgan fingerprint density at radius 2 is 2.05 bits per heavy atom. The second kappa shape index (κ2) is 5.74. The van der Waals surface area contributed by atoms with Crippen molar-refractivity contribution < 1.29 is 12.8 Å². The van der Waals surface area contributed by atoms with Gasteiger partial charge in [0, 0.05) is 12.7 Å². The quantitative estimate of drug-likeness (QED) is 0.905. The second-order valence-electron chi connectivity index (χ2n) is 3.94. The number of anilines is 1. The van der Waals surface area contributed by atoms with Crippen LogP contribution in [0.4, 0.5) is 10.1 Å². The van der Waals surface area contributed by atoms with E-state index >= 15 is 0 Å². The number of nitrogens with zero attached hydrogens (tertiary/aromatic N) is 1. The Bertz CT molecular complexity index is 720. The number of nitrogens with two attached hydrogens (primary N) is 1. The van der Waals surface area contributed by atoms with Crippen LogP contribution in [0.25, 0.3) is 0 Å². The molecule has 0 saturated carbocycles. The predicted molar refractivity (Wildman–Crippen MR) is 74.3 cm³/mol. The lowest BCUT2D eigenvalue weighted by atomic mass is 10.3. The number of rotatable bonds is 4. The van der Waals surface area contributed by atoms with Crippen LogP contribution in [-0.4, -0.2) is 13.4 Å². The normalized spacial score (nSPS) is 11.3. The van der Waals surface area contributed by atoms with E-state index in [9.17, 15) is 12.8 Å². The lowest BCUT2D eigenvalue weighted by molar-refractivity contribution is 0.597. The fraction of sp³-hybridized carbons (Fsp3) is 0.0833. The highest BCUT2D eigenvalue weighted by Gasteiger charge is 2.16. The molecule has 5 nitrogen and oxygen atoms in total. The zero-order chi connectivity index (χ0) is 14.8. The van der Waals surface area contributed by atoms with E-state index in [1.807, 2.05) is 0 Å². The highest BCUT2D eigenvalue weighted by atomic mass is 35.5. The fourth-order valence-corrected chi connectivity index (χ4v) is 2.56. The van der Waals surface area contributed by atoms with Gasteiger partial charge in [-0.25, -0.2) is 9.37 Å². The van der Waals surface area contributed by atoms with Crippen molar-refractivity contribution in [2.24, 2.45) is 5.73 Å². The Balaban J connectivity index is 2.27. The third kappa shape index (κ3) is 3.24. The van der Waals surface area contributed by atoms with Crippen LogP contribution in [0.5, 0.6) is 0 Å². The van der Waals surface area contributed by atoms with E-state index < -0.39 is 15.8 Å². The molecule has 2 rings (SSSR count). The summed E-state index contributed by atoms with van der Waals surface area (Å²) < 4.78 is 39.6. The van der Waals surface area contributed by atoms with Gasteiger partial charge in [-0.3, -0.25) is 4.72 Å². The minimum absolute atomic E-state index is 0.0663. The standard InChI is InChI=1S/C12H11ClFN3O2S/c13-10-3-2-9(5-11(10)14)17-20(18,19)12-4-1-8(6-15)7-16-12/h1-5,7,17H,6,15H2. The van der Waals surface area contributed by atoms with Crippen molar-refractivity contribution >= 4 is 27.3 Å². The maximum Gasteiger partial charge on any atom is 0.279 e.